The van der Waals surface area contributed by atoms with Crippen LogP contribution in [0, 0.1) is 0 Å². The zero-order valence-corrected chi connectivity index (χ0v) is 6.37. The fraction of sp³-hybridized carbons (Fsp3) is 0.250. The van der Waals surface area contributed by atoms with E-state index < -0.39 is 0 Å². The van der Waals surface area contributed by atoms with E-state index in [9.17, 15) is 0 Å². The molecular formula is C4H6AsN3. The van der Waals surface area contributed by atoms with Gasteiger partial charge in [-0.25, -0.2) is 0 Å². The monoisotopic (exact) mass is 171 g/mol. The number of imidazole rings is 1. The standard InChI is InChI=1S/C4H6AsN3/c1-6-4-7-2-3-8(4)5/h2-3H,1H3,(H,6,7). The maximum atomic E-state index is 3.97. The van der Waals surface area contributed by atoms with Crippen molar-refractivity contribution in [1.29, 1.82) is 0 Å². The summed E-state index contributed by atoms with van der Waals surface area (Å²) in [5, 5.41) is 2.91. The summed E-state index contributed by atoms with van der Waals surface area (Å²) in [5.74, 6) is 0.866. The molecular weight excluding hydrogens is 165 g/mol. The normalized spacial score (nSPS) is 9.25. The molecule has 0 atom stereocenters. The Morgan fingerprint density at radius 3 is 2.88 bits per heavy atom. The predicted molar refractivity (Wildman–Crippen MR) is 32.9 cm³/mol. The summed E-state index contributed by atoms with van der Waals surface area (Å²) in [6.45, 7) is 0. The van der Waals surface area contributed by atoms with E-state index in [1.54, 1.807) is 6.20 Å². The molecule has 2 radical (unpaired) electrons. The molecule has 3 nitrogen and oxygen atoms in total. The summed E-state index contributed by atoms with van der Waals surface area (Å²) >= 11 is 2.37. The van der Waals surface area contributed by atoms with Gasteiger partial charge in [0.1, 0.15) is 0 Å². The van der Waals surface area contributed by atoms with Crippen LogP contribution in [-0.2, 0) is 0 Å². The molecule has 1 aromatic rings. The second-order valence-corrected chi connectivity index (χ2v) is 2.25. The van der Waals surface area contributed by atoms with Crippen molar-refractivity contribution in [3.63, 3.8) is 0 Å². The van der Waals surface area contributed by atoms with Crippen molar-refractivity contribution in [3.8, 4) is 0 Å². The van der Waals surface area contributed by atoms with Crippen molar-refractivity contribution in [3.05, 3.63) is 12.4 Å². The number of nitrogens with one attached hydrogen (secondary N) is 1. The van der Waals surface area contributed by atoms with Gasteiger partial charge in [0.05, 0.1) is 0 Å². The number of hydrogen-bond donors (Lipinski definition) is 1. The van der Waals surface area contributed by atoms with Crippen LogP contribution >= 0.6 is 0 Å². The molecule has 0 amide bonds. The maximum absolute atomic E-state index is 3.97. The van der Waals surface area contributed by atoms with Crippen molar-refractivity contribution in [1.82, 2.24) is 8.47 Å². The Bertz CT molecular complexity index is 172. The molecule has 1 heterocycles. The van der Waals surface area contributed by atoms with E-state index in [4.69, 9.17) is 0 Å². The van der Waals surface area contributed by atoms with Crippen molar-refractivity contribution in [2.24, 2.45) is 0 Å². The number of anilines is 1. The molecule has 1 rings (SSSR count). The molecule has 4 heteroatoms. The Kier molecular flexibility index (Phi) is 1.59. The quantitative estimate of drug-likeness (QED) is 0.596. The van der Waals surface area contributed by atoms with E-state index in [1.807, 2.05) is 16.7 Å². The van der Waals surface area contributed by atoms with Crippen LogP contribution in [0.15, 0.2) is 12.4 Å². The number of nitrogens with zero attached hydrogens (tertiary/aromatic N) is 2. The molecule has 42 valence electrons. The van der Waals surface area contributed by atoms with Crippen molar-refractivity contribution in [2.75, 3.05) is 12.4 Å². The first-order valence-electron chi connectivity index (χ1n) is 2.25. The van der Waals surface area contributed by atoms with Crippen molar-refractivity contribution < 1.29 is 0 Å². The minimum atomic E-state index is 0.866. The molecule has 1 N–H and O–H groups in total. The first-order chi connectivity index (χ1) is 3.84. The van der Waals surface area contributed by atoms with Crippen LogP contribution in [0.2, 0.25) is 0 Å². The Morgan fingerprint density at radius 2 is 2.62 bits per heavy atom. The van der Waals surface area contributed by atoms with Crippen molar-refractivity contribution in [2.45, 2.75) is 0 Å². The molecule has 0 aliphatic carbocycles. The molecule has 0 saturated carbocycles. The summed E-state index contributed by atoms with van der Waals surface area (Å²) in [5.41, 5.74) is 0. The first-order valence-corrected chi connectivity index (χ1v) is 3.09. The second-order valence-electron chi connectivity index (χ2n) is 1.35. The molecule has 8 heavy (non-hydrogen) atoms. The number of aromatic nitrogens is 2. The molecule has 0 bridgehead atoms. The molecule has 0 fully saturated rings. The molecule has 0 unspecified atom stereocenters. The average Bonchev–Trinajstić information content (AvgIpc) is 2.14. The minimum absolute atomic E-state index is 0.866. The van der Waals surface area contributed by atoms with Gasteiger partial charge in [-0.2, -0.15) is 0 Å². The Morgan fingerprint density at radius 1 is 1.88 bits per heavy atom. The van der Waals surface area contributed by atoms with Crippen LogP contribution in [0.3, 0.4) is 0 Å². The summed E-state index contributed by atoms with van der Waals surface area (Å²) < 4.78 is 1.85. The van der Waals surface area contributed by atoms with Crippen LogP contribution in [-0.4, -0.2) is 32.6 Å². The number of rotatable bonds is 1. The average molecular weight is 171 g/mol. The summed E-state index contributed by atoms with van der Waals surface area (Å²) in [6.07, 6.45) is 3.61. The molecule has 0 aliphatic rings. The van der Waals surface area contributed by atoms with Crippen LogP contribution in [0.5, 0.6) is 0 Å². The molecule has 0 aromatic carbocycles. The van der Waals surface area contributed by atoms with Gasteiger partial charge in [0, 0.05) is 0 Å². The van der Waals surface area contributed by atoms with E-state index in [1.165, 1.54) is 0 Å². The van der Waals surface area contributed by atoms with E-state index >= 15 is 0 Å². The first kappa shape index (κ1) is 5.70. The molecule has 1 aromatic heterocycles. The SMILES string of the molecule is CNc1nccn1[As]. The van der Waals surface area contributed by atoms with Gasteiger partial charge in [-0.05, 0) is 0 Å². The third-order valence-corrected chi connectivity index (χ3v) is 1.52. The summed E-state index contributed by atoms with van der Waals surface area (Å²) in [4.78, 5) is 3.97. The number of hydrogen-bond acceptors (Lipinski definition) is 2. The van der Waals surface area contributed by atoms with E-state index in [0.29, 0.717) is 0 Å². The van der Waals surface area contributed by atoms with Gasteiger partial charge < -0.3 is 0 Å². The van der Waals surface area contributed by atoms with Gasteiger partial charge in [0.25, 0.3) is 0 Å². The predicted octanol–water partition coefficient (Wildman–Crippen LogP) is -0.144. The van der Waals surface area contributed by atoms with Crippen LogP contribution in [0.25, 0.3) is 0 Å². The second kappa shape index (κ2) is 2.22. The van der Waals surface area contributed by atoms with Crippen LogP contribution in [0.1, 0.15) is 0 Å². The van der Waals surface area contributed by atoms with Gasteiger partial charge in [-0.15, -0.1) is 0 Å². The van der Waals surface area contributed by atoms with Gasteiger partial charge in [0.2, 0.25) is 0 Å². The summed E-state index contributed by atoms with van der Waals surface area (Å²) in [7, 11) is 1.84. The molecule has 0 saturated heterocycles. The summed E-state index contributed by atoms with van der Waals surface area (Å²) in [6, 6.07) is 0. The van der Waals surface area contributed by atoms with E-state index in [0.717, 1.165) is 5.95 Å². The van der Waals surface area contributed by atoms with Crippen LogP contribution < -0.4 is 5.32 Å². The van der Waals surface area contributed by atoms with E-state index in [-0.39, 0.29) is 0 Å². The fourth-order valence-corrected chi connectivity index (χ4v) is 0.919. The van der Waals surface area contributed by atoms with Gasteiger partial charge in [-0.3, -0.25) is 0 Å². The van der Waals surface area contributed by atoms with Gasteiger partial charge >= 0.3 is 56.3 Å². The van der Waals surface area contributed by atoms with Gasteiger partial charge in [-0.1, -0.05) is 0 Å². The Balaban J connectivity index is 2.92. The molecule has 0 spiro atoms. The topological polar surface area (TPSA) is 29.9 Å². The molecule has 0 aliphatic heterocycles. The third-order valence-electron chi connectivity index (χ3n) is 0.845. The van der Waals surface area contributed by atoms with E-state index in [2.05, 4.69) is 27.4 Å². The zero-order valence-electron chi connectivity index (χ0n) is 4.50. The van der Waals surface area contributed by atoms with Crippen molar-refractivity contribution >= 4 is 23.0 Å². The Labute approximate surface area is 56.8 Å². The van der Waals surface area contributed by atoms with Crippen LogP contribution in [0.4, 0.5) is 5.95 Å². The Hall–Kier alpha value is -0.432. The zero-order chi connectivity index (χ0) is 5.98. The fourth-order valence-electron chi connectivity index (χ4n) is 0.476. The van der Waals surface area contributed by atoms with Gasteiger partial charge in [0.15, 0.2) is 0 Å². The third kappa shape index (κ3) is 0.868.